The predicted molar refractivity (Wildman–Crippen MR) is 111 cm³/mol. The summed E-state index contributed by atoms with van der Waals surface area (Å²) in [5.74, 6) is -2.64. The van der Waals surface area contributed by atoms with Gasteiger partial charge in [-0.15, -0.1) is 0 Å². The number of hydrogen-bond acceptors (Lipinski definition) is 5. The Morgan fingerprint density at radius 3 is 2.31 bits per heavy atom. The number of Topliss-reactive ketones (excluding diaryl/α,β-unsaturated/α-hetero) is 1. The molecule has 0 aliphatic heterocycles. The second-order valence-electron chi connectivity index (χ2n) is 6.83. The van der Waals surface area contributed by atoms with Crippen LogP contribution >= 0.6 is 15.9 Å². The lowest BCUT2D eigenvalue weighted by Gasteiger charge is -2.23. The molecule has 0 saturated carbocycles. The fraction of sp³-hybridized carbons (Fsp3) is 0.500. The largest absolute Gasteiger partial charge is 0.492 e. The maximum Gasteiger partial charge on any atom is 0.305 e. The van der Waals surface area contributed by atoms with Gasteiger partial charge in [-0.05, 0) is 18.1 Å². The topological polar surface area (TPSA) is 122 Å². The first-order chi connectivity index (χ1) is 13.7. The van der Waals surface area contributed by atoms with Crippen LogP contribution in [-0.2, 0) is 19.2 Å². The first-order valence-electron chi connectivity index (χ1n) is 9.30. The van der Waals surface area contributed by atoms with Crippen LogP contribution in [0.5, 0.6) is 5.75 Å². The van der Waals surface area contributed by atoms with Crippen molar-refractivity contribution >= 4 is 39.5 Å². The van der Waals surface area contributed by atoms with E-state index in [1.165, 1.54) is 0 Å². The van der Waals surface area contributed by atoms with E-state index >= 15 is 0 Å². The van der Waals surface area contributed by atoms with Gasteiger partial charge in [0.25, 0.3) is 0 Å². The van der Waals surface area contributed by atoms with Crippen LogP contribution in [0.25, 0.3) is 0 Å². The zero-order valence-corrected chi connectivity index (χ0v) is 18.1. The summed E-state index contributed by atoms with van der Waals surface area (Å²) in [6, 6.07) is 8.04. The molecule has 0 saturated heterocycles. The van der Waals surface area contributed by atoms with Crippen molar-refractivity contribution in [1.82, 2.24) is 10.6 Å². The summed E-state index contributed by atoms with van der Waals surface area (Å²) in [5, 5.41) is 14.0. The number of carboxylic acid groups (broad SMARTS) is 1. The normalized spacial score (nSPS) is 12.7. The van der Waals surface area contributed by atoms with Crippen molar-refractivity contribution in [2.24, 2.45) is 11.8 Å². The molecule has 0 aliphatic rings. The van der Waals surface area contributed by atoms with Crippen molar-refractivity contribution in [1.29, 1.82) is 0 Å². The molecule has 0 aromatic heterocycles. The smallest absolute Gasteiger partial charge is 0.305 e. The Morgan fingerprint density at radius 2 is 1.76 bits per heavy atom. The average molecular weight is 471 g/mol. The van der Waals surface area contributed by atoms with Gasteiger partial charge in [-0.1, -0.05) is 48.0 Å². The number of amides is 2. The monoisotopic (exact) mass is 470 g/mol. The first kappa shape index (κ1) is 24.6. The zero-order valence-electron chi connectivity index (χ0n) is 16.5. The Hall–Kier alpha value is -2.42. The molecule has 0 fully saturated rings. The standard InChI is InChI=1S/C20H27BrN2O6/c1-13(2)15(20(28)23-16(11-19(26)27)17(24)12-21)10-18(25)22-8-9-29-14-6-4-3-5-7-14/h3-7,13,15-16H,8-12H2,1-2H3,(H,22,25)(H,23,28)(H,26,27)/t15?,16-/m0/s1. The van der Waals surface area contributed by atoms with Gasteiger partial charge in [0.1, 0.15) is 12.4 Å². The number of aliphatic carboxylic acids is 1. The van der Waals surface area contributed by atoms with Crippen molar-refractivity contribution in [3.8, 4) is 5.75 Å². The van der Waals surface area contributed by atoms with Crippen LogP contribution in [0, 0.1) is 11.8 Å². The Morgan fingerprint density at radius 1 is 1.10 bits per heavy atom. The van der Waals surface area contributed by atoms with Crippen molar-refractivity contribution < 1.29 is 29.0 Å². The Balaban J connectivity index is 2.54. The molecule has 1 aromatic carbocycles. The molecule has 0 radical (unpaired) electrons. The number of rotatable bonds is 13. The van der Waals surface area contributed by atoms with Gasteiger partial charge in [0.15, 0.2) is 5.78 Å². The highest BCUT2D eigenvalue weighted by Gasteiger charge is 2.29. The maximum atomic E-state index is 12.6. The van der Waals surface area contributed by atoms with Crippen molar-refractivity contribution in [3.63, 3.8) is 0 Å². The van der Waals surface area contributed by atoms with E-state index in [9.17, 15) is 19.2 Å². The molecule has 1 unspecified atom stereocenters. The van der Waals surface area contributed by atoms with E-state index in [1.807, 2.05) is 30.3 Å². The number of ether oxygens (including phenoxy) is 1. The average Bonchev–Trinajstić information content (AvgIpc) is 2.68. The Labute approximate surface area is 178 Å². The number of hydrogen-bond donors (Lipinski definition) is 3. The minimum absolute atomic E-state index is 0.0700. The van der Waals surface area contributed by atoms with Crippen LogP contribution in [0.2, 0.25) is 0 Å². The van der Waals surface area contributed by atoms with Crippen LogP contribution in [0.4, 0.5) is 0 Å². The van der Waals surface area contributed by atoms with Gasteiger partial charge in [0, 0.05) is 12.3 Å². The van der Waals surface area contributed by atoms with Crippen molar-refractivity contribution in [2.45, 2.75) is 32.7 Å². The zero-order chi connectivity index (χ0) is 21.8. The molecule has 0 heterocycles. The molecule has 3 N–H and O–H groups in total. The second kappa shape index (κ2) is 12.9. The minimum Gasteiger partial charge on any atom is -0.492 e. The number of benzene rings is 1. The van der Waals surface area contributed by atoms with Gasteiger partial charge in [0.2, 0.25) is 11.8 Å². The van der Waals surface area contributed by atoms with E-state index in [1.54, 1.807) is 13.8 Å². The molecule has 2 atom stereocenters. The quantitative estimate of drug-likeness (QED) is 0.298. The number of carboxylic acids is 1. The van der Waals surface area contributed by atoms with Crippen LogP contribution < -0.4 is 15.4 Å². The number of halogens is 1. The summed E-state index contributed by atoms with van der Waals surface area (Å²) < 4.78 is 5.49. The number of alkyl halides is 1. The lowest BCUT2D eigenvalue weighted by molar-refractivity contribution is -0.140. The minimum atomic E-state index is -1.19. The molecular formula is C20H27BrN2O6. The van der Waals surface area contributed by atoms with E-state index in [4.69, 9.17) is 9.84 Å². The number of carbonyl (C=O) groups is 4. The summed E-state index contributed by atoms with van der Waals surface area (Å²) in [6.07, 6.45) is -0.582. The fourth-order valence-electron chi connectivity index (χ4n) is 2.57. The molecule has 0 bridgehead atoms. The molecule has 8 nitrogen and oxygen atoms in total. The summed E-state index contributed by atoms with van der Waals surface area (Å²) in [5.41, 5.74) is 0. The van der Waals surface area contributed by atoms with E-state index in [2.05, 4.69) is 26.6 Å². The SMILES string of the molecule is CC(C)C(CC(=O)NCCOc1ccccc1)C(=O)N[C@@H](CC(=O)O)C(=O)CBr. The van der Waals surface area contributed by atoms with E-state index < -0.39 is 36.0 Å². The predicted octanol–water partition coefficient (Wildman–Crippen LogP) is 1.77. The molecule has 1 aromatic rings. The second-order valence-corrected chi connectivity index (χ2v) is 7.39. The third-order valence-corrected chi connectivity index (χ3v) is 4.75. The number of ketones is 1. The van der Waals surface area contributed by atoms with Gasteiger partial charge in [-0.25, -0.2) is 0 Å². The summed E-state index contributed by atoms with van der Waals surface area (Å²) in [4.78, 5) is 47.6. The first-order valence-corrected chi connectivity index (χ1v) is 10.4. The lowest BCUT2D eigenvalue weighted by atomic mass is 9.90. The molecule has 29 heavy (non-hydrogen) atoms. The van der Waals surface area contributed by atoms with Crippen molar-refractivity contribution in [3.05, 3.63) is 30.3 Å². The van der Waals surface area contributed by atoms with Gasteiger partial charge >= 0.3 is 5.97 Å². The summed E-state index contributed by atoms with van der Waals surface area (Å²) in [7, 11) is 0. The van der Waals surface area contributed by atoms with Gasteiger partial charge < -0.3 is 20.5 Å². The van der Waals surface area contributed by atoms with Gasteiger partial charge in [0.05, 0.1) is 24.3 Å². The van der Waals surface area contributed by atoms with Crippen LogP contribution in [0.3, 0.4) is 0 Å². The Bertz CT molecular complexity index is 695. The van der Waals surface area contributed by atoms with Gasteiger partial charge in [-0.2, -0.15) is 0 Å². The van der Waals surface area contributed by atoms with Crippen LogP contribution in [0.15, 0.2) is 30.3 Å². The maximum absolute atomic E-state index is 12.6. The summed E-state index contributed by atoms with van der Waals surface area (Å²) >= 11 is 2.98. The molecular weight excluding hydrogens is 444 g/mol. The number of para-hydroxylation sites is 1. The number of nitrogens with one attached hydrogen (secondary N) is 2. The Kier molecular flexibility index (Phi) is 11.0. The van der Waals surface area contributed by atoms with Crippen LogP contribution in [-0.4, -0.2) is 53.2 Å². The van der Waals surface area contributed by atoms with E-state index in [0.29, 0.717) is 5.75 Å². The van der Waals surface area contributed by atoms with Gasteiger partial charge in [-0.3, -0.25) is 19.2 Å². The third-order valence-electron chi connectivity index (χ3n) is 4.20. The third kappa shape index (κ3) is 9.56. The summed E-state index contributed by atoms with van der Waals surface area (Å²) in [6.45, 7) is 4.14. The lowest BCUT2D eigenvalue weighted by Crippen LogP contribution is -2.47. The molecule has 2 amide bonds. The highest BCUT2D eigenvalue weighted by molar-refractivity contribution is 9.09. The molecule has 0 aliphatic carbocycles. The van der Waals surface area contributed by atoms with Crippen molar-refractivity contribution in [2.75, 3.05) is 18.5 Å². The number of carbonyl (C=O) groups excluding carboxylic acids is 3. The molecule has 0 spiro atoms. The van der Waals surface area contributed by atoms with E-state index in [0.717, 1.165) is 0 Å². The molecule has 1 rings (SSSR count). The molecule has 160 valence electrons. The highest BCUT2D eigenvalue weighted by Crippen LogP contribution is 2.16. The fourth-order valence-corrected chi connectivity index (χ4v) is 2.96. The van der Waals surface area contributed by atoms with E-state index in [-0.39, 0.29) is 36.7 Å². The van der Waals surface area contributed by atoms with Crippen LogP contribution in [0.1, 0.15) is 26.7 Å². The molecule has 9 heteroatoms. The highest BCUT2D eigenvalue weighted by atomic mass is 79.9.